The summed E-state index contributed by atoms with van der Waals surface area (Å²) in [5, 5.41) is -5.96. The van der Waals surface area contributed by atoms with Gasteiger partial charge in [-0.25, -0.2) is 17.6 Å². The molecule has 2 aliphatic rings. The molecule has 2 rings (SSSR count). The molecule has 0 bridgehead atoms. The van der Waals surface area contributed by atoms with E-state index >= 15 is 13.2 Å². The van der Waals surface area contributed by atoms with Gasteiger partial charge in [0.1, 0.15) is 0 Å². The van der Waals surface area contributed by atoms with E-state index in [0.717, 1.165) is 0 Å². The molecule has 36 heavy (non-hydrogen) atoms. The van der Waals surface area contributed by atoms with Crippen LogP contribution >= 0.6 is 0 Å². The van der Waals surface area contributed by atoms with E-state index < -0.39 is 108 Å². The Bertz CT molecular complexity index is 864. The van der Waals surface area contributed by atoms with Crippen molar-refractivity contribution in [3.63, 3.8) is 0 Å². The lowest BCUT2D eigenvalue weighted by atomic mass is 9.59. The second-order valence-electron chi connectivity index (χ2n) is 8.15. The Balaban J connectivity index is 2.59. The van der Waals surface area contributed by atoms with Crippen LogP contribution in [-0.4, -0.2) is 69.5 Å². The first-order chi connectivity index (χ1) is 15.9. The summed E-state index contributed by atoms with van der Waals surface area (Å²) in [7, 11) is 0. The van der Waals surface area contributed by atoms with Gasteiger partial charge in [0.2, 0.25) is 0 Å². The molecule has 0 aromatic heterocycles. The molecule has 1 amide bonds. The summed E-state index contributed by atoms with van der Waals surface area (Å²) >= 11 is 0. The average Bonchev–Trinajstić information content (AvgIpc) is 2.74. The van der Waals surface area contributed by atoms with Crippen LogP contribution in [0.3, 0.4) is 0 Å². The maximum atomic E-state index is 15.4. The number of carbonyl (C=O) groups is 1. The van der Waals surface area contributed by atoms with Crippen LogP contribution in [0.1, 0.15) is 38.5 Å². The number of nitrogens with zero attached hydrogens (tertiary/aromatic N) is 2. The predicted molar refractivity (Wildman–Crippen MR) is 80.9 cm³/mol. The zero-order valence-electron chi connectivity index (χ0n) is 17.0. The number of halogens is 17. The second-order valence-corrected chi connectivity index (χ2v) is 8.15. The minimum atomic E-state index is -7.84. The Labute approximate surface area is 189 Å². The molecule has 1 saturated carbocycles. The lowest BCUT2D eigenvalue weighted by Crippen LogP contribution is -2.96. The molecule has 1 aliphatic carbocycles. The molecular formula is C16H13F17N2O. The van der Waals surface area contributed by atoms with E-state index in [0.29, 0.717) is 0 Å². The summed E-state index contributed by atoms with van der Waals surface area (Å²) in [6.45, 7) is 0. The number of fused-ring (bicyclic) bond motifs is 1. The van der Waals surface area contributed by atoms with E-state index in [1.807, 2.05) is 0 Å². The predicted octanol–water partition coefficient (Wildman–Crippen LogP) is 6.69. The number of hydrogen-bond donors (Lipinski definition) is 0. The van der Waals surface area contributed by atoms with Gasteiger partial charge in [-0.05, 0) is 12.8 Å². The zero-order valence-corrected chi connectivity index (χ0v) is 17.0. The summed E-state index contributed by atoms with van der Waals surface area (Å²) in [6, 6.07) is 0. The molecule has 0 aromatic carbocycles. The molecule has 1 saturated heterocycles. The van der Waals surface area contributed by atoms with E-state index in [2.05, 4.69) is 0 Å². The number of alkyl halides is 15. The fourth-order valence-electron chi connectivity index (χ4n) is 3.99. The number of unbranched alkanes of at least 4 members (excludes halogenated alkanes) is 3. The number of carbonyl (C=O) groups excluding carboxylic acids is 1. The minimum absolute atomic E-state index is 0.509. The highest BCUT2D eigenvalue weighted by molar-refractivity contribution is 5.89. The van der Waals surface area contributed by atoms with Gasteiger partial charge in [0, 0.05) is 11.7 Å². The quantitative estimate of drug-likeness (QED) is 0.147. The van der Waals surface area contributed by atoms with Gasteiger partial charge in [0.25, 0.3) is 11.5 Å². The van der Waals surface area contributed by atoms with E-state index in [1.165, 1.54) is 0 Å². The summed E-state index contributed by atoms with van der Waals surface area (Å²) in [5.74, 6) is -42.1. The third kappa shape index (κ3) is 3.33. The maximum Gasteiger partial charge on any atom is 0.389 e. The van der Waals surface area contributed by atoms with Gasteiger partial charge in [-0.2, -0.15) is 48.3 Å². The van der Waals surface area contributed by atoms with Crippen LogP contribution < -0.4 is 0 Å². The van der Waals surface area contributed by atoms with Gasteiger partial charge in [-0.3, -0.25) is 4.79 Å². The summed E-state index contributed by atoms with van der Waals surface area (Å²) < 4.78 is 236. The van der Waals surface area contributed by atoms with Crippen molar-refractivity contribution in [2.75, 3.05) is 0 Å². The first-order valence-corrected chi connectivity index (χ1v) is 9.60. The van der Waals surface area contributed by atoms with Crippen molar-refractivity contribution >= 4 is 5.91 Å². The lowest BCUT2D eigenvalue weighted by Gasteiger charge is -2.61. The van der Waals surface area contributed by atoms with E-state index in [4.69, 9.17) is 0 Å². The van der Waals surface area contributed by atoms with Crippen molar-refractivity contribution in [1.29, 1.82) is 0 Å². The fourth-order valence-corrected chi connectivity index (χ4v) is 3.99. The highest BCUT2D eigenvalue weighted by Gasteiger charge is 3.08. The van der Waals surface area contributed by atoms with Crippen molar-refractivity contribution < 1.29 is 79.6 Å². The Morgan fingerprint density at radius 2 is 1.14 bits per heavy atom. The van der Waals surface area contributed by atoms with Crippen molar-refractivity contribution in [2.24, 2.45) is 0 Å². The SMILES string of the molecule is O=C1N(F)N(F)C(F)(C(F)CCCCCCC(F)(F)F)C2(F)C(F)(F)C(F)(F)C(F)(F)C(F)(F)C12F. The zero-order chi connectivity index (χ0) is 28.6. The fraction of sp³-hybridized carbons (Fsp3) is 0.938. The summed E-state index contributed by atoms with van der Waals surface area (Å²) in [4.78, 5) is 11.5. The van der Waals surface area contributed by atoms with Gasteiger partial charge >= 0.3 is 41.4 Å². The smallest absolute Gasteiger partial charge is 0.266 e. The molecule has 4 unspecified atom stereocenters. The van der Waals surface area contributed by atoms with Crippen LogP contribution in [0.2, 0.25) is 0 Å². The standard InChI is InChI=1S/C16H13F17N2O/c17-7(5-3-1-2-4-6-9(18,19)20)11(22)12(23)10(21,8(36)34(32)35(11)33)13(24,25)15(28,29)16(30,31)14(12,26)27/h7H,1-6H2. The van der Waals surface area contributed by atoms with Crippen LogP contribution in [0.25, 0.3) is 0 Å². The molecule has 0 aromatic rings. The molecule has 0 N–H and O–H groups in total. The normalized spacial score (nSPS) is 36.5. The molecule has 20 heteroatoms. The highest BCUT2D eigenvalue weighted by atomic mass is 19.4. The van der Waals surface area contributed by atoms with Crippen LogP contribution in [0.4, 0.5) is 74.8 Å². The van der Waals surface area contributed by atoms with Gasteiger partial charge in [-0.1, -0.05) is 29.0 Å². The van der Waals surface area contributed by atoms with Gasteiger partial charge < -0.3 is 0 Å². The number of rotatable bonds is 7. The largest absolute Gasteiger partial charge is 0.389 e. The minimum Gasteiger partial charge on any atom is -0.266 e. The van der Waals surface area contributed by atoms with E-state index in [-0.39, 0.29) is 0 Å². The molecule has 3 nitrogen and oxygen atoms in total. The lowest BCUT2D eigenvalue weighted by molar-refractivity contribution is -0.516. The van der Waals surface area contributed by atoms with Crippen molar-refractivity contribution in [3.05, 3.63) is 0 Å². The molecule has 0 radical (unpaired) electrons. The van der Waals surface area contributed by atoms with Crippen molar-refractivity contribution in [3.8, 4) is 0 Å². The number of hydrogen-bond acceptors (Lipinski definition) is 2. The third-order valence-corrected chi connectivity index (χ3v) is 5.97. The third-order valence-electron chi connectivity index (χ3n) is 5.97. The van der Waals surface area contributed by atoms with E-state index in [1.54, 1.807) is 0 Å². The van der Waals surface area contributed by atoms with Crippen LogP contribution in [0, 0.1) is 0 Å². The Kier molecular flexibility index (Phi) is 7.08. The Hall–Kier alpha value is -1.76. The monoisotopic (exact) mass is 572 g/mol. The molecule has 212 valence electrons. The molecule has 0 spiro atoms. The molecular weight excluding hydrogens is 559 g/mol. The average molecular weight is 572 g/mol. The molecule has 2 fully saturated rings. The Morgan fingerprint density at radius 3 is 1.61 bits per heavy atom. The summed E-state index contributed by atoms with van der Waals surface area (Å²) in [6.07, 6.45) is -15.5. The number of amides is 1. The topological polar surface area (TPSA) is 23.6 Å². The van der Waals surface area contributed by atoms with Crippen molar-refractivity contribution in [2.45, 2.75) is 91.7 Å². The Morgan fingerprint density at radius 1 is 0.694 bits per heavy atom. The maximum absolute atomic E-state index is 15.4. The first-order valence-electron chi connectivity index (χ1n) is 9.60. The van der Waals surface area contributed by atoms with Gasteiger partial charge in [-0.15, -0.1) is 4.48 Å². The van der Waals surface area contributed by atoms with Crippen LogP contribution in [0.15, 0.2) is 0 Å². The number of hydrazine groups is 1. The van der Waals surface area contributed by atoms with Crippen LogP contribution in [-0.2, 0) is 4.79 Å². The summed E-state index contributed by atoms with van der Waals surface area (Å²) in [5.41, 5.74) is -14.9. The highest BCUT2D eigenvalue weighted by Crippen LogP contribution is 2.74. The molecule has 1 aliphatic heterocycles. The molecule has 1 heterocycles. The van der Waals surface area contributed by atoms with Crippen molar-refractivity contribution in [1.82, 2.24) is 10.5 Å². The van der Waals surface area contributed by atoms with E-state index in [9.17, 15) is 66.4 Å². The van der Waals surface area contributed by atoms with Gasteiger partial charge in [0.15, 0.2) is 6.17 Å². The van der Waals surface area contributed by atoms with Gasteiger partial charge in [0.05, 0.1) is 0 Å². The van der Waals surface area contributed by atoms with Crippen LogP contribution in [0.5, 0.6) is 0 Å². The molecule has 4 atom stereocenters. The second kappa shape index (κ2) is 8.37. The first kappa shape index (κ1) is 30.5.